The Morgan fingerprint density at radius 1 is 0.633 bits per heavy atom. The van der Waals surface area contributed by atoms with Gasteiger partial charge in [0.05, 0.1) is 11.1 Å². The molecule has 2 aromatic heterocycles. The van der Waals surface area contributed by atoms with Crippen LogP contribution < -0.4 is 10.6 Å². The molecule has 49 heavy (non-hydrogen) atoms. The van der Waals surface area contributed by atoms with E-state index < -0.39 is 0 Å². The molecule has 2 heteroatoms. The molecule has 2 atom stereocenters. The van der Waals surface area contributed by atoms with Crippen LogP contribution in [0.3, 0.4) is 0 Å². The summed E-state index contributed by atoms with van der Waals surface area (Å²) in [5, 5.41) is 9.12. The van der Waals surface area contributed by atoms with Crippen molar-refractivity contribution in [3.8, 4) is 5.69 Å². The third kappa shape index (κ3) is 4.41. The highest BCUT2D eigenvalue weighted by Crippen LogP contribution is 2.41. The van der Waals surface area contributed by atoms with Crippen molar-refractivity contribution in [1.29, 1.82) is 0 Å². The molecule has 10 rings (SSSR count). The second-order valence-corrected chi connectivity index (χ2v) is 14.0. The molecule has 2 unspecified atom stereocenters. The van der Waals surface area contributed by atoms with Crippen molar-refractivity contribution in [1.82, 2.24) is 9.13 Å². The lowest BCUT2D eigenvalue weighted by Gasteiger charge is -2.33. The van der Waals surface area contributed by atoms with Crippen molar-refractivity contribution in [2.45, 2.75) is 31.2 Å². The molecule has 0 saturated carbocycles. The quantitative estimate of drug-likeness (QED) is 0.184. The summed E-state index contributed by atoms with van der Waals surface area (Å²) in [5.41, 5.74) is 8.77. The average molecular weight is 629 g/mol. The topological polar surface area (TPSA) is 9.86 Å². The minimum Gasteiger partial charge on any atom is -0.331 e. The van der Waals surface area contributed by atoms with Gasteiger partial charge in [0.25, 0.3) is 0 Å². The smallest absolute Gasteiger partial charge is 0.0649 e. The van der Waals surface area contributed by atoms with Gasteiger partial charge in [-0.25, -0.2) is 0 Å². The predicted octanol–water partition coefficient (Wildman–Crippen LogP) is 10.4. The second-order valence-electron chi connectivity index (χ2n) is 14.0. The standard InChI is InChI=1S/C47H36N2/c1-47(27-11-16-37(31-47)32-12-3-2-4-13-32)49-45-20-10-8-18-40(45)42-30-36(23-26-46(42)49)35-22-25-44-41(29-35)39-17-7-9-19-43(39)48(44)38-24-21-33-14-5-6-15-34(33)28-38/h2-21,23-26,28-31,35H,22,27H2,1H3. The highest BCUT2D eigenvalue weighted by Gasteiger charge is 2.30. The fraction of sp³-hybridized carbons (Fsp3) is 0.106. The van der Waals surface area contributed by atoms with Gasteiger partial charge in [0.15, 0.2) is 0 Å². The Bertz CT molecular complexity index is 2790. The molecule has 2 nitrogen and oxygen atoms in total. The lowest BCUT2D eigenvalue weighted by Crippen LogP contribution is -2.31. The Morgan fingerprint density at radius 3 is 2.24 bits per heavy atom. The molecule has 0 bridgehead atoms. The van der Waals surface area contributed by atoms with Gasteiger partial charge in [-0.15, -0.1) is 0 Å². The number of fused-ring (bicyclic) bond motifs is 7. The van der Waals surface area contributed by atoms with Gasteiger partial charge in [-0.3, -0.25) is 0 Å². The molecule has 0 N–H and O–H groups in total. The Kier molecular flexibility index (Phi) is 6.23. The molecule has 6 aromatic carbocycles. The van der Waals surface area contributed by atoms with Crippen molar-refractivity contribution in [3.63, 3.8) is 0 Å². The first-order chi connectivity index (χ1) is 24.1. The van der Waals surface area contributed by atoms with Gasteiger partial charge in [-0.05, 0) is 83.6 Å². The summed E-state index contributed by atoms with van der Waals surface area (Å²) < 4.78 is 5.04. The van der Waals surface area contributed by atoms with E-state index in [4.69, 9.17) is 0 Å². The molecule has 2 aliphatic carbocycles. The van der Waals surface area contributed by atoms with E-state index in [2.05, 4.69) is 186 Å². The summed E-state index contributed by atoms with van der Waals surface area (Å²) >= 11 is 0. The Morgan fingerprint density at radius 2 is 1.37 bits per heavy atom. The third-order valence-electron chi connectivity index (χ3n) is 10.9. The lowest BCUT2D eigenvalue weighted by atomic mass is 9.86. The summed E-state index contributed by atoms with van der Waals surface area (Å²) in [6.45, 7) is 2.38. The Hall–Kier alpha value is -5.86. The summed E-state index contributed by atoms with van der Waals surface area (Å²) in [5.74, 6) is 0.299. The summed E-state index contributed by atoms with van der Waals surface area (Å²) in [6.07, 6.45) is 14.0. The van der Waals surface area contributed by atoms with Crippen LogP contribution in [0.2, 0.25) is 0 Å². The fourth-order valence-corrected chi connectivity index (χ4v) is 8.60. The molecular formula is C47H36N2. The number of rotatable bonds is 4. The first-order valence-electron chi connectivity index (χ1n) is 17.4. The maximum Gasteiger partial charge on any atom is 0.0649 e. The number of para-hydroxylation sites is 2. The number of benzene rings is 6. The Labute approximate surface area is 285 Å². The monoisotopic (exact) mass is 628 g/mol. The zero-order valence-electron chi connectivity index (χ0n) is 27.6. The average Bonchev–Trinajstić information content (AvgIpc) is 3.68. The zero-order chi connectivity index (χ0) is 32.5. The minimum absolute atomic E-state index is 0.187. The van der Waals surface area contributed by atoms with E-state index in [0.717, 1.165) is 12.8 Å². The molecule has 0 spiro atoms. The minimum atomic E-state index is -0.187. The van der Waals surface area contributed by atoms with Gasteiger partial charge >= 0.3 is 0 Å². The van der Waals surface area contributed by atoms with Crippen LogP contribution in [0.4, 0.5) is 0 Å². The largest absolute Gasteiger partial charge is 0.331 e. The molecule has 2 aliphatic rings. The van der Waals surface area contributed by atoms with Crippen LogP contribution in [-0.2, 0) is 5.54 Å². The van der Waals surface area contributed by atoms with Crippen LogP contribution in [0.5, 0.6) is 0 Å². The predicted molar refractivity (Wildman–Crippen MR) is 208 cm³/mol. The molecule has 8 aromatic rings. The van der Waals surface area contributed by atoms with Crippen LogP contribution in [-0.4, -0.2) is 9.13 Å². The van der Waals surface area contributed by atoms with Crippen molar-refractivity contribution in [2.75, 3.05) is 0 Å². The second kappa shape index (κ2) is 10.8. The third-order valence-corrected chi connectivity index (χ3v) is 10.9. The highest BCUT2D eigenvalue weighted by atomic mass is 15.1. The van der Waals surface area contributed by atoms with Gasteiger partial charge in [-0.1, -0.05) is 134 Å². The number of nitrogens with zero attached hydrogens (tertiary/aromatic N) is 2. The van der Waals surface area contributed by atoms with Crippen molar-refractivity contribution in [3.05, 3.63) is 179 Å². The first kappa shape index (κ1) is 28.2. The van der Waals surface area contributed by atoms with Gasteiger partial charge in [0, 0.05) is 49.4 Å². The number of allylic oxidation sites excluding steroid dienone is 4. The first-order valence-corrected chi connectivity index (χ1v) is 17.4. The molecule has 0 radical (unpaired) electrons. The zero-order valence-corrected chi connectivity index (χ0v) is 27.6. The van der Waals surface area contributed by atoms with Gasteiger partial charge in [0.1, 0.15) is 0 Å². The van der Waals surface area contributed by atoms with E-state index in [1.165, 1.54) is 76.4 Å². The SMILES string of the molecule is CC1(n2c3ccccc3c3cc(C4C=c5c(n(-c6ccc7ccccc7c6)c6ccccc56)=CC4)ccc32)C=C(c2ccccc2)C=CC1. The maximum absolute atomic E-state index is 2.58. The molecule has 234 valence electrons. The molecule has 0 fully saturated rings. The van der Waals surface area contributed by atoms with Crippen LogP contribution in [0.15, 0.2) is 158 Å². The number of aromatic nitrogens is 2. The van der Waals surface area contributed by atoms with Crippen molar-refractivity contribution < 1.29 is 0 Å². The highest BCUT2D eigenvalue weighted by molar-refractivity contribution is 6.09. The summed E-state index contributed by atoms with van der Waals surface area (Å²) in [4.78, 5) is 0. The fourth-order valence-electron chi connectivity index (χ4n) is 8.60. The normalized spacial score (nSPS) is 18.8. The van der Waals surface area contributed by atoms with Crippen LogP contribution in [0, 0.1) is 0 Å². The molecular weight excluding hydrogens is 593 g/mol. The number of hydrogen-bond acceptors (Lipinski definition) is 0. The summed E-state index contributed by atoms with van der Waals surface area (Å²) in [7, 11) is 0. The summed E-state index contributed by atoms with van der Waals surface area (Å²) in [6, 6.07) is 51.3. The molecule has 0 amide bonds. The Balaban J connectivity index is 1.11. The van der Waals surface area contributed by atoms with E-state index >= 15 is 0 Å². The van der Waals surface area contributed by atoms with Crippen LogP contribution >= 0.6 is 0 Å². The van der Waals surface area contributed by atoms with E-state index in [1.807, 2.05) is 0 Å². The van der Waals surface area contributed by atoms with Crippen LogP contribution in [0.1, 0.15) is 36.8 Å². The van der Waals surface area contributed by atoms with Gasteiger partial charge in [-0.2, -0.15) is 0 Å². The van der Waals surface area contributed by atoms with Crippen LogP contribution in [0.25, 0.3) is 66.9 Å². The van der Waals surface area contributed by atoms with Gasteiger partial charge < -0.3 is 9.13 Å². The maximum atomic E-state index is 2.58. The van der Waals surface area contributed by atoms with Crippen molar-refractivity contribution >= 4 is 61.2 Å². The van der Waals surface area contributed by atoms with E-state index in [1.54, 1.807) is 0 Å². The molecule has 0 aliphatic heterocycles. The van der Waals surface area contributed by atoms with Crippen molar-refractivity contribution in [2.24, 2.45) is 0 Å². The van der Waals surface area contributed by atoms with E-state index in [0.29, 0.717) is 5.92 Å². The van der Waals surface area contributed by atoms with E-state index in [-0.39, 0.29) is 5.54 Å². The number of hydrogen-bond donors (Lipinski definition) is 0. The van der Waals surface area contributed by atoms with Gasteiger partial charge in [0.2, 0.25) is 0 Å². The molecule has 0 saturated heterocycles. The lowest BCUT2D eigenvalue weighted by molar-refractivity contribution is 0.439. The van der Waals surface area contributed by atoms with E-state index in [9.17, 15) is 0 Å². The molecule has 2 heterocycles.